The highest BCUT2D eigenvalue weighted by molar-refractivity contribution is 7.86. The van der Waals surface area contributed by atoms with Crippen molar-refractivity contribution in [2.75, 3.05) is 0 Å². The Morgan fingerprint density at radius 3 is 1.85 bits per heavy atom. The van der Waals surface area contributed by atoms with Gasteiger partial charge in [0.2, 0.25) is 0 Å². The lowest BCUT2D eigenvalue weighted by molar-refractivity contribution is 0.432. The zero-order chi connectivity index (χ0) is 24.3. The van der Waals surface area contributed by atoms with Crippen molar-refractivity contribution in [3.05, 3.63) is 114 Å². The molecule has 2 unspecified atom stereocenters. The molecule has 0 saturated carbocycles. The van der Waals surface area contributed by atoms with Gasteiger partial charge in [-0.1, -0.05) is 79.7 Å². The molecule has 0 aliphatic rings. The zero-order valence-electron chi connectivity index (χ0n) is 18.7. The van der Waals surface area contributed by atoms with Gasteiger partial charge in [0.1, 0.15) is 16.4 Å². The van der Waals surface area contributed by atoms with Gasteiger partial charge >= 0.3 is 0 Å². The van der Waals surface area contributed by atoms with Crippen molar-refractivity contribution >= 4 is 10.1 Å². The molecule has 4 aromatic rings. The summed E-state index contributed by atoms with van der Waals surface area (Å²) in [6, 6.07) is 28.9. The summed E-state index contributed by atoms with van der Waals surface area (Å²) in [6.07, 6.45) is 0.603. The Balaban J connectivity index is 1.90. The van der Waals surface area contributed by atoms with Crippen LogP contribution in [0.1, 0.15) is 41.9 Å². The van der Waals surface area contributed by atoms with E-state index in [9.17, 15) is 23.2 Å². The molecule has 4 aromatic carbocycles. The molecule has 0 aliphatic heterocycles. The van der Waals surface area contributed by atoms with Crippen molar-refractivity contribution < 1.29 is 23.2 Å². The lowest BCUT2D eigenvalue weighted by Crippen LogP contribution is -2.09. The van der Waals surface area contributed by atoms with E-state index < -0.39 is 20.8 Å². The summed E-state index contributed by atoms with van der Waals surface area (Å²) in [5, 5.41) is 20.7. The fraction of sp³-hybridized carbons (Fsp3) is 0.143. The molecular weight excluding hydrogens is 448 g/mol. The Morgan fingerprint density at radius 2 is 1.29 bits per heavy atom. The topological polar surface area (TPSA) is 94.8 Å². The van der Waals surface area contributed by atoms with Crippen LogP contribution in [0.15, 0.2) is 102 Å². The third-order valence-electron chi connectivity index (χ3n) is 6.12. The van der Waals surface area contributed by atoms with Crippen LogP contribution in [0.4, 0.5) is 0 Å². The summed E-state index contributed by atoms with van der Waals surface area (Å²) in [5.74, 6) is -0.609. The Morgan fingerprint density at radius 1 is 0.735 bits per heavy atom. The number of hydrogen-bond donors (Lipinski definition) is 3. The van der Waals surface area contributed by atoms with E-state index in [-0.39, 0.29) is 17.6 Å². The van der Waals surface area contributed by atoms with E-state index in [2.05, 4.69) is 6.92 Å². The molecule has 2 atom stereocenters. The number of benzene rings is 4. The van der Waals surface area contributed by atoms with E-state index in [1.165, 1.54) is 18.2 Å². The first kappa shape index (κ1) is 23.5. The SMILES string of the molecule is CC(CC(c1ccccc1)c1cc(-c2ccc(O)cc2)cc(S(=O)(=O)O)c1O)c1ccccc1. The maximum Gasteiger partial charge on any atom is 0.298 e. The Labute approximate surface area is 199 Å². The highest BCUT2D eigenvalue weighted by atomic mass is 32.2. The van der Waals surface area contributed by atoms with Crippen LogP contribution in [0.25, 0.3) is 11.1 Å². The zero-order valence-corrected chi connectivity index (χ0v) is 19.5. The lowest BCUT2D eigenvalue weighted by atomic mass is 9.81. The Hall–Kier alpha value is -3.61. The minimum absolute atomic E-state index is 0.0802. The van der Waals surface area contributed by atoms with Crippen LogP contribution in [0.2, 0.25) is 0 Å². The van der Waals surface area contributed by atoms with Gasteiger partial charge in [-0.2, -0.15) is 8.42 Å². The Bertz CT molecular complexity index is 1370. The third-order valence-corrected chi connectivity index (χ3v) is 6.99. The van der Waals surface area contributed by atoms with Gasteiger partial charge in [0, 0.05) is 11.5 Å². The fourth-order valence-corrected chi connectivity index (χ4v) is 4.95. The van der Waals surface area contributed by atoms with Gasteiger partial charge in [0.25, 0.3) is 10.1 Å². The van der Waals surface area contributed by atoms with Gasteiger partial charge in [-0.05, 0) is 58.9 Å². The number of hydrogen-bond acceptors (Lipinski definition) is 4. The molecule has 34 heavy (non-hydrogen) atoms. The van der Waals surface area contributed by atoms with E-state index in [0.717, 1.165) is 11.1 Å². The average Bonchev–Trinajstić information content (AvgIpc) is 2.84. The molecule has 0 spiro atoms. The molecule has 0 saturated heterocycles. The van der Waals surface area contributed by atoms with Gasteiger partial charge in [0.05, 0.1) is 0 Å². The highest BCUT2D eigenvalue weighted by Crippen LogP contribution is 2.43. The maximum absolute atomic E-state index is 12.2. The summed E-state index contributed by atoms with van der Waals surface area (Å²) in [5.41, 5.74) is 3.62. The van der Waals surface area contributed by atoms with E-state index >= 15 is 0 Å². The van der Waals surface area contributed by atoms with Crippen molar-refractivity contribution in [3.63, 3.8) is 0 Å². The second-order valence-corrected chi connectivity index (χ2v) is 9.83. The van der Waals surface area contributed by atoms with Gasteiger partial charge in [-0.25, -0.2) is 0 Å². The average molecular weight is 475 g/mol. The summed E-state index contributed by atoms with van der Waals surface area (Å²) in [6.45, 7) is 2.09. The number of rotatable bonds is 7. The predicted molar refractivity (Wildman–Crippen MR) is 133 cm³/mol. The molecule has 0 heterocycles. The molecule has 0 bridgehead atoms. The van der Waals surface area contributed by atoms with Crippen LogP contribution in [-0.4, -0.2) is 23.2 Å². The van der Waals surface area contributed by atoms with Crippen molar-refractivity contribution in [3.8, 4) is 22.6 Å². The predicted octanol–water partition coefficient (Wildman–Crippen LogP) is 6.34. The first-order valence-electron chi connectivity index (χ1n) is 11.0. The smallest absolute Gasteiger partial charge is 0.298 e. The van der Waals surface area contributed by atoms with E-state index in [1.54, 1.807) is 18.2 Å². The summed E-state index contributed by atoms with van der Waals surface area (Å²) >= 11 is 0. The van der Waals surface area contributed by atoms with Crippen molar-refractivity contribution in [2.24, 2.45) is 0 Å². The number of phenolic OH excluding ortho intramolecular Hbond substituents is 2. The molecular formula is C28H26O5S. The van der Waals surface area contributed by atoms with E-state index in [0.29, 0.717) is 23.1 Å². The maximum atomic E-state index is 12.2. The molecule has 0 fully saturated rings. The highest BCUT2D eigenvalue weighted by Gasteiger charge is 2.27. The molecule has 4 rings (SSSR count). The quantitative estimate of drug-likeness (QED) is 0.272. The molecule has 174 valence electrons. The standard InChI is InChI=1S/C28H26O5S/c1-19(20-8-4-2-5-9-20)16-25(22-10-6-3-7-11-22)26-17-23(21-12-14-24(29)15-13-21)18-27(28(26)30)34(31,32)33/h2-15,17-19,25,29-30H,16H2,1H3,(H,31,32,33). The van der Waals surface area contributed by atoms with E-state index in [1.807, 2.05) is 60.7 Å². The molecule has 5 nitrogen and oxygen atoms in total. The second kappa shape index (κ2) is 9.71. The summed E-state index contributed by atoms with van der Waals surface area (Å²) < 4.78 is 34.3. The minimum atomic E-state index is -4.69. The van der Waals surface area contributed by atoms with Crippen LogP contribution in [-0.2, 0) is 10.1 Å². The van der Waals surface area contributed by atoms with Crippen LogP contribution >= 0.6 is 0 Å². The third kappa shape index (κ3) is 5.14. The van der Waals surface area contributed by atoms with Crippen LogP contribution in [0, 0.1) is 0 Å². The van der Waals surface area contributed by atoms with Crippen molar-refractivity contribution in [1.29, 1.82) is 0 Å². The molecule has 0 radical (unpaired) electrons. The first-order valence-corrected chi connectivity index (χ1v) is 12.4. The molecule has 3 N–H and O–H groups in total. The molecule has 0 amide bonds. The summed E-state index contributed by atoms with van der Waals surface area (Å²) in [4.78, 5) is -0.540. The minimum Gasteiger partial charge on any atom is -0.508 e. The molecule has 6 heteroatoms. The lowest BCUT2D eigenvalue weighted by Gasteiger charge is -2.25. The number of phenols is 2. The first-order chi connectivity index (χ1) is 16.2. The monoisotopic (exact) mass is 474 g/mol. The van der Waals surface area contributed by atoms with Crippen molar-refractivity contribution in [1.82, 2.24) is 0 Å². The Kier molecular flexibility index (Phi) is 6.72. The van der Waals surface area contributed by atoms with Crippen LogP contribution in [0.5, 0.6) is 11.5 Å². The molecule has 0 aliphatic carbocycles. The van der Waals surface area contributed by atoms with Crippen molar-refractivity contribution in [2.45, 2.75) is 30.1 Å². The van der Waals surface area contributed by atoms with E-state index in [4.69, 9.17) is 0 Å². The van der Waals surface area contributed by atoms with Crippen LogP contribution < -0.4 is 0 Å². The molecule has 0 aromatic heterocycles. The van der Waals surface area contributed by atoms with Gasteiger partial charge < -0.3 is 10.2 Å². The fourth-order valence-electron chi connectivity index (χ4n) is 4.31. The van der Waals surface area contributed by atoms with Gasteiger partial charge in [0.15, 0.2) is 0 Å². The number of aromatic hydroxyl groups is 2. The van der Waals surface area contributed by atoms with Crippen LogP contribution in [0.3, 0.4) is 0 Å². The van der Waals surface area contributed by atoms with Gasteiger partial charge in [-0.15, -0.1) is 0 Å². The normalized spacial score (nSPS) is 13.4. The summed E-state index contributed by atoms with van der Waals surface area (Å²) in [7, 11) is -4.69. The second-order valence-electron chi connectivity index (χ2n) is 8.44. The largest absolute Gasteiger partial charge is 0.508 e. The van der Waals surface area contributed by atoms with Gasteiger partial charge in [-0.3, -0.25) is 4.55 Å².